The van der Waals surface area contributed by atoms with E-state index in [4.69, 9.17) is 9.15 Å². The van der Waals surface area contributed by atoms with Crippen molar-refractivity contribution in [2.75, 3.05) is 13.2 Å². The molecule has 1 heterocycles. The Morgan fingerprint density at radius 3 is 3.18 bits per heavy atom. The fourth-order valence-corrected chi connectivity index (χ4v) is 2.45. The van der Waals surface area contributed by atoms with Gasteiger partial charge in [-0.15, -0.1) is 0 Å². The first-order chi connectivity index (χ1) is 8.34. The SMILES string of the molecule is CC1CCCC(OCCNCc2ccoc2)C1. The van der Waals surface area contributed by atoms with Crippen LogP contribution >= 0.6 is 0 Å². The van der Waals surface area contributed by atoms with Crippen molar-refractivity contribution in [1.82, 2.24) is 5.32 Å². The van der Waals surface area contributed by atoms with Crippen LogP contribution in [0, 0.1) is 5.92 Å². The quantitative estimate of drug-likeness (QED) is 0.772. The molecule has 0 bridgehead atoms. The number of furan rings is 1. The van der Waals surface area contributed by atoms with Crippen LogP contribution in [0.1, 0.15) is 38.2 Å². The highest BCUT2D eigenvalue weighted by Crippen LogP contribution is 2.25. The second-order valence-corrected chi connectivity index (χ2v) is 5.07. The normalized spacial score (nSPS) is 25.0. The molecule has 0 radical (unpaired) electrons. The topological polar surface area (TPSA) is 34.4 Å². The second-order valence-electron chi connectivity index (χ2n) is 5.07. The van der Waals surface area contributed by atoms with E-state index in [1.807, 2.05) is 6.07 Å². The van der Waals surface area contributed by atoms with Gasteiger partial charge in [0.1, 0.15) is 0 Å². The predicted molar refractivity (Wildman–Crippen MR) is 67.8 cm³/mol. The van der Waals surface area contributed by atoms with Crippen LogP contribution in [0.25, 0.3) is 0 Å². The third kappa shape index (κ3) is 4.52. The molecule has 2 atom stereocenters. The molecule has 0 amide bonds. The van der Waals surface area contributed by atoms with E-state index in [1.54, 1.807) is 12.5 Å². The monoisotopic (exact) mass is 237 g/mol. The Bertz CT molecular complexity index is 297. The summed E-state index contributed by atoms with van der Waals surface area (Å²) in [6, 6.07) is 1.98. The lowest BCUT2D eigenvalue weighted by molar-refractivity contribution is 0.0173. The molecule has 1 aliphatic carbocycles. The van der Waals surface area contributed by atoms with Gasteiger partial charge in [-0.25, -0.2) is 0 Å². The number of hydrogen-bond donors (Lipinski definition) is 1. The molecule has 0 saturated heterocycles. The van der Waals surface area contributed by atoms with Crippen molar-refractivity contribution in [3.05, 3.63) is 24.2 Å². The number of rotatable bonds is 6. The largest absolute Gasteiger partial charge is 0.472 e. The zero-order chi connectivity index (χ0) is 11.9. The van der Waals surface area contributed by atoms with Gasteiger partial charge in [0.15, 0.2) is 0 Å². The van der Waals surface area contributed by atoms with Crippen LogP contribution in [0.3, 0.4) is 0 Å². The Hall–Kier alpha value is -0.800. The molecule has 1 N–H and O–H groups in total. The molecule has 1 aliphatic rings. The summed E-state index contributed by atoms with van der Waals surface area (Å²) >= 11 is 0. The maximum atomic E-state index is 5.89. The van der Waals surface area contributed by atoms with Gasteiger partial charge in [0.05, 0.1) is 25.2 Å². The van der Waals surface area contributed by atoms with Crippen LogP contribution in [0.5, 0.6) is 0 Å². The van der Waals surface area contributed by atoms with Crippen molar-refractivity contribution >= 4 is 0 Å². The molecule has 0 aromatic carbocycles. The lowest BCUT2D eigenvalue weighted by Gasteiger charge is -2.26. The van der Waals surface area contributed by atoms with E-state index in [0.717, 1.165) is 25.6 Å². The average Bonchev–Trinajstić information content (AvgIpc) is 2.82. The van der Waals surface area contributed by atoms with Gasteiger partial charge in [0, 0.05) is 18.7 Å². The summed E-state index contributed by atoms with van der Waals surface area (Å²) in [5.74, 6) is 0.840. The molecule has 1 fully saturated rings. The fraction of sp³-hybridized carbons (Fsp3) is 0.714. The Morgan fingerprint density at radius 1 is 1.47 bits per heavy atom. The molecule has 3 heteroatoms. The van der Waals surface area contributed by atoms with E-state index >= 15 is 0 Å². The van der Waals surface area contributed by atoms with Gasteiger partial charge in [-0.3, -0.25) is 0 Å². The van der Waals surface area contributed by atoms with E-state index < -0.39 is 0 Å². The van der Waals surface area contributed by atoms with Crippen molar-refractivity contribution < 1.29 is 9.15 Å². The first-order valence-corrected chi connectivity index (χ1v) is 6.68. The van der Waals surface area contributed by atoms with Crippen LogP contribution in [0.15, 0.2) is 23.0 Å². The van der Waals surface area contributed by atoms with Gasteiger partial charge in [0.2, 0.25) is 0 Å². The summed E-state index contributed by atoms with van der Waals surface area (Å²) in [5.41, 5.74) is 1.19. The van der Waals surface area contributed by atoms with Crippen LogP contribution < -0.4 is 5.32 Å². The number of nitrogens with one attached hydrogen (secondary N) is 1. The molecule has 3 nitrogen and oxygen atoms in total. The van der Waals surface area contributed by atoms with Crippen molar-refractivity contribution in [2.24, 2.45) is 5.92 Å². The maximum Gasteiger partial charge on any atom is 0.0947 e. The molecular weight excluding hydrogens is 214 g/mol. The molecule has 2 rings (SSSR count). The highest BCUT2D eigenvalue weighted by atomic mass is 16.5. The third-order valence-electron chi connectivity index (χ3n) is 3.43. The summed E-state index contributed by atoms with van der Waals surface area (Å²) < 4.78 is 10.9. The molecule has 2 unspecified atom stereocenters. The van der Waals surface area contributed by atoms with Crippen LogP contribution in [-0.4, -0.2) is 19.3 Å². The van der Waals surface area contributed by atoms with E-state index in [-0.39, 0.29) is 0 Å². The van der Waals surface area contributed by atoms with Crippen LogP contribution in [0.2, 0.25) is 0 Å². The zero-order valence-corrected chi connectivity index (χ0v) is 10.7. The Morgan fingerprint density at radius 2 is 2.41 bits per heavy atom. The van der Waals surface area contributed by atoms with Gasteiger partial charge in [0.25, 0.3) is 0 Å². The predicted octanol–water partition coefficient (Wildman–Crippen LogP) is 2.96. The minimum Gasteiger partial charge on any atom is -0.472 e. The number of ether oxygens (including phenoxy) is 1. The van der Waals surface area contributed by atoms with E-state index in [9.17, 15) is 0 Å². The lowest BCUT2D eigenvalue weighted by atomic mass is 9.89. The summed E-state index contributed by atoms with van der Waals surface area (Å²) in [6.07, 6.45) is 9.16. The van der Waals surface area contributed by atoms with E-state index in [1.165, 1.54) is 31.2 Å². The highest BCUT2D eigenvalue weighted by molar-refractivity contribution is 5.04. The van der Waals surface area contributed by atoms with Crippen molar-refractivity contribution in [1.29, 1.82) is 0 Å². The summed E-state index contributed by atoms with van der Waals surface area (Å²) in [4.78, 5) is 0. The van der Waals surface area contributed by atoms with Gasteiger partial charge in [-0.1, -0.05) is 19.8 Å². The van der Waals surface area contributed by atoms with Gasteiger partial charge in [-0.2, -0.15) is 0 Å². The van der Waals surface area contributed by atoms with Crippen LogP contribution in [-0.2, 0) is 11.3 Å². The third-order valence-corrected chi connectivity index (χ3v) is 3.43. The first kappa shape index (κ1) is 12.7. The van der Waals surface area contributed by atoms with Crippen LogP contribution in [0.4, 0.5) is 0 Å². The minimum atomic E-state index is 0.495. The highest BCUT2D eigenvalue weighted by Gasteiger charge is 2.18. The van der Waals surface area contributed by atoms with Gasteiger partial charge in [-0.05, 0) is 24.8 Å². The smallest absolute Gasteiger partial charge is 0.0947 e. The zero-order valence-electron chi connectivity index (χ0n) is 10.7. The average molecular weight is 237 g/mol. The van der Waals surface area contributed by atoms with Crippen molar-refractivity contribution in [3.8, 4) is 0 Å². The molecule has 1 aromatic rings. The molecular formula is C14H23NO2. The van der Waals surface area contributed by atoms with Gasteiger partial charge < -0.3 is 14.5 Å². The Balaban J connectivity index is 1.51. The molecule has 17 heavy (non-hydrogen) atoms. The fourth-order valence-electron chi connectivity index (χ4n) is 2.45. The minimum absolute atomic E-state index is 0.495. The lowest BCUT2D eigenvalue weighted by Crippen LogP contribution is -2.26. The molecule has 0 spiro atoms. The Labute approximate surface area is 104 Å². The van der Waals surface area contributed by atoms with Crippen molar-refractivity contribution in [3.63, 3.8) is 0 Å². The second kappa shape index (κ2) is 6.82. The maximum absolute atomic E-state index is 5.89. The molecule has 1 aromatic heterocycles. The summed E-state index contributed by atoms with van der Waals surface area (Å²) in [5, 5.41) is 3.35. The summed E-state index contributed by atoms with van der Waals surface area (Å²) in [7, 11) is 0. The summed E-state index contributed by atoms with van der Waals surface area (Å²) in [6.45, 7) is 4.92. The Kier molecular flexibility index (Phi) is 5.08. The molecule has 96 valence electrons. The standard InChI is InChI=1S/C14H23NO2/c1-12-3-2-4-14(9-12)17-8-6-15-10-13-5-7-16-11-13/h5,7,11-12,14-15H,2-4,6,8-10H2,1H3. The molecule has 0 aliphatic heterocycles. The van der Waals surface area contributed by atoms with E-state index in [2.05, 4.69) is 12.2 Å². The number of hydrogen-bond acceptors (Lipinski definition) is 3. The molecule has 1 saturated carbocycles. The van der Waals surface area contributed by atoms with Crippen molar-refractivity contribution in [2.45, 2.75) is 45.3 Å². The van der Waals surface area contributed by atoms with E-state index in [0.29, 0.717) is 6.10 Å². The van der Waals surface area contributed by atoms with Gasteiger partial charge >= 0.3 is 0 Å². The first-order valence-electron chi connectivity index (χ1n) is 6.68.